The van der Waals surface area contributed by atoms with Gasteiger partial charge in [-0.25, -0.2) is 9.37 Å². The van der Waals surface area contributed by atoms with Crippen LogP contribution in [0, 0.1) is 12.7 Å². The zero-order valence-corrected chi connectivity index (χ0v) is 19.5. The second-order valence-electron chi connectivity index (χ2n) is 7.96. The number of nitrogens with one attached hydrogen (secondary N) is 2. The molecule has 1 aromatic carbocycles. The molecular formula is C23H29FN6OS. The number of hydrogen-bond acceptors (Lipinski definition) is 5. The molecule has 32 heavy (non-hydrogen) atoms. The average Bonchev–Trinajstić information content (AvgIpc) is 3.21. The Morgan fingerprint density at radius 3 is 2.72 bits per heavy atom. The lowest BCUT2D eigenvalue weighted by molar-refractivity contribution is -0.117. The summed E-state index contributed by atoms with van der Waals surface area (Å²) in [5.41, 5.74) is 4.70. The van der Waals surface area contributed by atoms with Crippen LogP contribution in [0.15, 0.2) is 42.7 Å². The molecule has 1 amide bonds. The third-order valence-corrected chi connectivity index (χ3v) is 5.69. The van der Waals surface area contributed by atoms with E-state index in [1.54, 1.807) is 0 Å². The maximum absolute atomic E-state index is 13.0. The first-order chi connectivity index (χ1) is 14.9. The molecule has 0 saturated heterocycles. The van der Waals surface area contributed by atoms with E-state index >= 15 is 0 Å². The van der Waals surface area contributed by atoms with Gasteiger partial charge in [0.05, 0.1) is 23.3 Å². The Morgan fingerprint density at radius 2 is 1.97 bits per heavy atom. The number of benzene rings is 1. The van der Waals surface area contributed by atoms with Gasteiger partial charge in [-0.15, -0.1) is 0 Å². The van der Waals surface area contributed by atoms with Crippen molar-refractivity contribution in [1.29, 1.82) is 0 Å². The summed E-state index contributed by atoms with van der Waals surface area (Å²) >= 11 is 0. The van der Waals surface area contributed by atoms with E-state index in [9.17, 15) is 9.18 Å². The fourth-order valence-corrected chi connectivity index (χ4v) is 3.70. The molecule has 0 aliphatic carbocycles. The summed E-state index contributed by atoms with van der Waals surface area (Å²) in [6, 6.07) is 8.38. The van der Waals surface area contributed by atoms with Crippen molar-refractivity contribution in [3.05, 3.63) is 65.4 Å². The Bertz CT molecular complexity index is 1080. The Balaban J connectivity index is 0.00000289. The maximum Gasteiger partial charge on any atom is 0.246 e. The number of likely N-dealkylation sites (N-methyl/N-ethyl adjacent to an activating group) is 1. The minimum absolute atomic E-state index is 0. The fourth-order valence-electron chi connectivity index (χ4n) is 3.70. The van der Waals surface area contributed by atoms with E-state index in [0.29, 0.717) is 6.54 Å². The van der Waals surface area contributed by atoms with Crippen LogP contribution in [0.2, 0.25) is 0 Å². The summed E-state index contributed by atoms with van der Waals surface area (Å²) in [5, 5.41) is 10.7. The molecule has 1 aliphatic rings. The van der Waals surface area contributed by atoms with Gasteiger partial charge in [-0.2, -0.15) is 18.6 Å². The highest BCUT2D eigenvalue weighted by molar-refractivity contribution is 7.59. The van der Waals surface area contributed by atoms with Crippen LogP contribution in [0.4, 0.5) is 21.6 Å². The molecule has 1 aliphatic heterocycles. The lowest BCUT2D eigenvalue weighted by Crippen LogP contribution is -2.44. The highest BCUT2D eigenvalue weighted by atomic mass is 32.1. The third-order valence-electron chi connectivity index (χ3n) is 5.69. The van der Waals surface area contributed by atoms with Gasteiger partial charge in [0.2, 0.25) is 5.91 Å². The zero-order valence-electron chi connectivity index (χ0n) is 18.5. The predicted octanol–water partition coefficient (Wildman–Crippen LogP) is 3.86. The summed E-state index contributed by atoms with van der Waals surface area (Å²) in [5.74, 6) is 0.533. The van der Waals surface area contributed by atoms with E-state index in [4.69, 9.17) is 0 Å². The zero-order chi connectivity index (χ0) is 22.0. The van der Waals surface area contributed by atoms with Gasteiger partial charge >= 0.3 is 0 Å². The molecule has 0 unspecified atom stereocenters. The lowest BCUT2D eigenvalue weighted by Gasteiger charge is -2.34. The van der Waals surface area contributed by atoms with Gasteiger partial charge in [0.25, 0.3) is 0 Å². The van der Waals surface area contributed by atoms with Gasteiger partial charge in [0, 0.05) is 38.0 Å². The van der Waals surface area contributed by atoms with Crippen LogP contribution in [0.1, 0.15) is 30.2 Å². The number of halogens is 1. The number of pyridine rings is 1. The van der Waals surface area contributed by atoms with Crippen LogP contribution in [-0.2, 0) is 24.3 Å². The van der Waals surface area contributed by atoms with Crippen molar-refractivity contribution in [2.45, 2.75) is 45.8 Å². The normalized spacial score (nSPS) is 15.1. The van der Waals surface area contributed by atoms with Crippen molar-refractivity contribution >= 4 is 36.6 Å². The summed E-state index contributed by atoms with van der Waals surface area (Å²) in [7, 11) is 1.92. The minimum Gasteiger partial charge on any atom is -0.366 e. The first-order valence-electron chi connectivity index (χ1n) is 10.5. The number of amides is 1. The Labute approximate surface area is 194 Å². The highest BCUT2D eigenvalue weighted by Gasteiger charge is 2.28. The Hall–Kier alpha value is -3.07. The van der Waals surface area contributed by atoms with Gasteiger partial charge in [-0.05, 0) is 44.4 Å². The van der Waals surface area contributed by atoms with Crippen molar-refractivity contribution in [2.24, 2.45) is 0 Å². The van der Waals surface area contributed by atoms with Crippen molar-refractivity contribution < 1.29 is 9.18 Å². The second-order valence-corrected chi connectivity index (χ2v) is 7.96. The van der Waals surface area contributed by atoms with E-state index < -0.39 is 0 Å². The number of fused-ring (bicyclic) bond motifs is 1. The Morgan fingerprint density at radius 1 is 1.22 bits per heavy atom. The molecule has 7 nitrogen and oxygen atoms in total. The van der Waals surface area contributed by atoms with Crippen LogP contribution in [0.3, 0.4) is 0 Å². The monoisotopic (exact) mass is 456 g/mol. The summed E-state index contributed by atoms with van der Waals surface area (Å²) in [6.07, 6.45) is 5.69. The van der Waals surface area contributed by atoms with E-state index in [2.05, 4.69) is 20.7 Å². The topological polar surface area (TPSA) is 75.1 Å². The highest BCUT2D eigenvalue weighted by Crippen LogP contribution is 2.34. The van der Waals surface area contributed by atoms with Gasteiger partial charge in [0.15, 0.2) is 0 Å². The maximum atomic E-state index is 13.0. The molecule has 3 heterocycles. The lowest BCUT2D eigenvalue weighted by atomic mass is 10.1. The molecule has 2 N–H and O–H groups in total. The minimum atomic E-state index is -0.227. The van der Waals surface area contributed by atoms with Crippen LogP contribution < -0.4 is 15.5 Å². The number of hydrogen-bond donors (Lipinski definition) is 2. The molecule has 3 aromatic rings. The number of aromatic nitrogens is 3. The predicted molar refractivity (Wildman–Crippen MR) is 130 cm³/mol. The van der Waals surface area contributed by atoms with Gasteiger partial charge in [-0.3, -0.25) is 9.48 Å². The fraction of sp³-hybridized carbons (Fsp3) is 0.348. The number of carbonyl (C=O) groups excluding carboxylic acids is 1. The molecule has 170 valence electrons. The molecular weight excluding hydrogens is 427 g/mol. The van der Waals surface area contributed by atoms with Crippen molar-refractivity contribution in [3.8, 4) is 0 Å². The molecule has 0 spiro atoms. The molecule has 1 atom stereocenters. The molecule has 4 rings (SSSR count). The molecule has 0 radical (unpaired) electrons. The largest absolute Gasteiger partial charge is 0.366 e. The quantitative estimate of drug-likeness (QED) is 0.565. The first-order valence-corrected chi connectivity index (χ1v) is 10.5. The van der Waals surface area contributed by atoms with Crippen LogP contribution >= 0.6 is 13.5 Å². The molecule has 0 bridgehead atoms. The number of nitrogens with zero attached hydrogens (tertiary/aromatic N) is 4. The van der Waals surface area contributed by atoms with Crippen LogP contribution in [0.5, 0.6) is 0 Å². The van der Waals surface area contributed by atoms with Gasteiger partial charge < -0.3 is 15.5 Å². The van der Waals surface area contributed by atoms with Crippen LogP contribution in [0.25, 0.3) is 0 Å². The SMILES string of the molecule is Cc1nc(NCc2cnn(CCCc3ccc(F)cc3)c2)cc2c1NC(=O)[C@H](C)N2C.S. The summed E-state index contributed by atoms with van der Waals surface area (Å²) < 4.78 is 14.9. The number of aryl methyl sites for hydroxylation is 3. The van der Waals surface area contributed by atoms with Crippen molar-refractivity contribution in [3.63, 3.8) is 0 Å². The van der Waals surface area contributed by atoms with Crippen molar-refractivity contribution in [2.75, 3.05) is 22.6 Å². The number of anilines is 3. The molecule has 9 heteroatoms. The standard InChI is InChI=1S/C23H27FN6O.H2S/c1-15-22-20(29(3)16(2)23(31)28-22)11-21(27-15)25-12-18-13-26-30(14-18)10-4-5-17-6-8-19(24)9-7-17;/h6-9,11,13-14,16H,4-5,10,12H2,1-3H3,(H,25,27)(H,28,31);1H2/t16-;/m0./s1. The Kier molecular flexibility index (Phi) is 7.40. The average molecular weight is 457 g/mol. The molecule has 0 saturated carbocycles. The van der Waals surface area contributed by atoms with E-state index in [-0.39, 0.29) is 31.3 Å². The van der Waals surface area contributed by atoms with Crippen LogP contribution in [-0.4, -0.2) is 33.8 Å². The third kappa shape index (κ3) is 5.21. The van der Waals surface area contributed by atoms with Crippen molar-refractivity contribution in [1.82, 2.24) is 14.8 Å². The smallest absolute Gasteiger partial charge is 0.246 e. The van der Waals surface area contributed by atoms with E-state index in [1.807, 2.05) is 61.1 Å². The number of carbonyl (C=O) groups is 1. The van der Waals surface area contributed by atoms with E-state index in [1.165, 1.54) is 12.1 Å². The summed E-state index contributed by atoms with van der Waals surface area (Å²) in [4.78, 5) is 18.6. The molecule has 2 aromatic heterocycles. The van der Waals surface area contributed by atoms with Gasteiger partial charge in [0.1, 0.15) is 17.7 Å². The first kappa shape index (κ1) is 23.6. The molecule has 0 fully saturated rings. The summed E-state index contributed by atoms with van der Waals surface area (Å²) in [6.45, 7) is 5.18. The van der Waals surface area contributed by atoms with Gasteiger partial charge in [-0.1, -0.05) is 12.1 Å². The number of rotatable bonds is 7. The second kappa shape index (κ2) is 10.0. The van der Waals surface area contributed by atoms with E-state index in [0.717, 1.165) is 53.4 Å².